The third-order valence-electron chi connectivity index (χ3n) is 2.22. The Morgan fingerprint density at radius 1 is 1.62 bits per heavy atom. The van der Waals surface area contributed by atoms with E-state index in [0.717, 1.165) is 13.1 Å². The third-order valence-corrected chi connectivity index (χ3v) is 3.24. The van der Waals surface area contributed by atoms with Gasteiger partial charge in [0.15, 0.2) is 3.95 Å². The first-order valence-corrected chi connectivity index (χ1v) is 6.41. The Balaban J connectivity index is 2.61. The molecule has 90 valence electrons. The minimum atomic E-state index is -0.283. The summed E-state index contributed by atoms with van der Waals surface area (Å²) in [6.45, 7) is 7.19. The van der Waals surface area contributed by atoms with E-state index in [9.17, 15) is 4.79 Å². The van der Waals surface area contributed by atoms with Crippen LogP contribution in [0, 0.1) is 3.95 Å². The highest BCUT2D eigenvalue weighted by Crippen LogP contribution is 2.12. The number of hydrogen-bond acceptors (Lipinski definition) is 5. The third kappa shape index (κ3) is 3.28. The van der Waals surface area contributed by atoms with Crippen LogP contribution in [-0.4, -0.2) is 40.1 Å². The largest absolute Gasteiger partial charge is 0.349 e. The predicted molar refractivity (Wildman–Crippen MR) is 68.3 cm³/mol. The number of aromatic nitrogens is 2. The molecule has 16 heavy (non-hydrogen) atoms. The van der Waals surface area contributed by atoms with Crippen molar-refractivity contribution in [1.82, 2.24) is 15.1 Å². The van der Waals surface area contributed by atoms with Crippen LogP contribution in [0.4, 0.5) is 5.13 Å². The van der Waals surface area contributed by atoms with Gasteiger partial charge in [-0.25, -0.2) is 0 Å². The molecule has 1 atom stereocenters. The summed E-state index contributed by atoms with van der Waals surface area (Å²) in [6.07, 6.45) is 0. The van der Waals surface area contributed by atoms with Gasteiger partial charge in [0.25, 0.3) is 0 Å². The van der Waals surface area contributed by atoms with Crippen LogP contribution >= 0.6 is 23.6 Å². The number of amides is 1. The molecule has 1 rings (SSSR count). The van der Waals surface area contributed by atoms with Crippen molar-refractivity contribution in [2.24, 2.45) is 0 Å². The molecular weight excluding hydrogens is 244 g/mol. The molecule has 5 nitrogen and oxygen atoms in total. The highest BCUT2D eigenvalue weighted by atomic mass is 32.1. The predicted octanol–water partition coefficient (Wildman–Crippen LogP) is 1.87. The lowest BCUT2D eigenvalue weighted by Gasteiger charge is -2.23. The van der Waals surface area contributed by atoms with E-state index in [1.165, 1.54) is 11.3 Å². The van der Waals surface area contributed by atoms with E-state index in [0.29, 0.717) is 9.09 Å². The van der Waals surface area contributed by atoms with Crippen molar-refractivity contribution in [3.05, 3.63) is 3.95 Å². The van der Waals surface area contributed by atoms with Gasteiger partial charge in [-0.2, -0.15) is 0 Å². The monoisotopic (exact) mass is 260 g/mol. The first kappa shape index (κ1) is 13.1. The van der Waals surface area contributed by atoms with Crippen LogP contribution in [-0.2, 0) is 4.79 Å². The smallest absolute Gasteiger partial charge is 0.244 e. The average molecular weight is 260 g/mol. The molecule has 2 N–H and O–H groups in total. The van der Waals surface area contributed by atoms with Crippen LogP contribution in [0.15, 0.2) is 0 Å². The van der Waals surface area contributed by atoms with E-state index in [2.05, 4.69) is 15.5 Å². The number of rotatable bonds is 5. The molecule has 1 aromatic rings. The maximum absolute atomic E-state index is 11.9. The first-order chi connectivity index (χ1) is 7.58. The summed E-state index contributed by atoms with van der Waals surface area (Å²) in [5.74, 6) is 0.0751. The molecule has 0 saturated heterocycles. The van der Waals surface area contributed by atoms with E-state index in [4.69, 9.17) is 12.2 Å². The number of anilines is 1. The molecule has 0 bridgehead atoms. The van der Waals surface area contributed by atoms with E-state index < -0.39 is 0 Å². The van der Waals surface area contributed by atoms with Crippen molar-refractivity contribution < 1.29 is 4.79 Å². The van der Waals surface area contributed by atoms with Crippen molar-refractivity contribution in [1.29, 1.82) is 0 Å². The Morgan fingerprint density at radius 2 is 2.25 bits per heavy atom. The van der Waals surface area contributed by atoms with Crippen molar-refractivity contribution in [3.63, 3.8) is 0 Å². The van der Waals surface area contributed by atoms with Crippen LogP contribution in [0.2, 0.25) is 0 Å². The lowest BCUT2D eigenvalue weighted by molar-refractivity contribution is -0.131. The molecule has 0 spiro atoms. The summed E-state index contributed by atoms with van der Waals surface area (Å²) < 4.78 is 0.602. The fourth-order valence-corrected chi connectivity index (χ4v) is 2.22. The molecule has 1 amide bonds. The molecule has 0 aliphatic rings. The number of likely N-dealkylation sites (N-methyl/N-ethyl adjacent to an activating group) is 1. The molecule has 0 fully saturated rings. The highest BCUT2D eigenvalue weighted by Gasteiger charge is 2.18. The average Bonchev–Trinajstić information content (AvgIpc) is 2.65. The maximum Gasteiger partial charge on any atom is 0.244 e. The zero-order valence-electron chi connectivity index (χ0n) is 9.61. The Labute approximate surface area is 104 Å². The quantitative estimate of drug-likeness (QED) is 0.793. The summed E-state index contributed by atoms with van der Waals surface area (Å²) in [6, 6.07) is -0.283. The van der Waals surface area contributed by atoms with Crippen molar-refractivity contribution in [2.45, 2.75) is 26.8 Å². The van der Waals surface area contributed by atoms with Gasteiger partial charge < -0.3 is 10.2 Å². The van der Waals surface area contributed by atoms with Gasteiger partial charge in [-0.1, -0.05) is 11.3 Å². The van der Waals surface area contributed by atoms with E-state index in [-0.39, 0.29) is 11.9 Å². The van der Waals surface area contributed by atoms with Gasteiger partial charge >= 0.3 is 0 Å². The van der Waals surface area contributed by atoms with Gasteiger partial charge in [0.2, 0.25) is 11.0 Å². The lowest BCUT2D eigenvalue weighted by atomic mass is 10.3. The number of aromatic amines is 1. The number of nitrogens with zero attached hydrogens (tertiary/aromatic N) is 2. The Morgan fingerprint density at radius 3 is 2.69 bits per heavy atom. The molecule has 0 aliphatic heterocycles. The molecule has 1 aromatic heterocycles. The second-order valence-corrected chi connectivity index (χ2v) is 4.96. The summed E-state index contributed by atoms with van der Waals surface area (Å²) >= 11 is 6.24. The van der Waals surface area contributed by atoms with Crippen LogP contribution in [0.1, 0.15) is 20.8 Å². The molecule has 0 saturated carbocycles. The molecule has 0 aliphatic carbocycles. The van der Waals surface area contributed by atoms with Crippen LogP contribution in [0.5, 0.6) is 0 Å². The number of hydrogen-bond donors (Lipinski definition) is 2. The maximum atomic E-state index is 11.9. The second-order valence-electron chi connectivity index (χ2n) is 3.29. The zero-order valence-corrected chi connectivity index (χ0v) is 11.2. The molecular formula is C9H16N4OS2. The molecule has 1 unspecified atom stereocenters. The van der Waals surface area contributed by atoms with Crippen LogP contribution in [0.25, 0.3) is 0 Å². The molecule has 0 aromatic carbocycles. The molecule has 0 radical (unpaired) electrons. The Bertz CT molecular complexity index is 396. The molecule has 1 heterocycles. The van der Waals surface area contributed by atoms with Crippen molar-refractivity contribution in [2.75, 3.05) is 18.4 Å². The van der Waals surface area contributed by atoms with Gasteiger partial charge in [0.1, 0.15) is 6.04 Å². The van der Waals surface area contributed by atoms with Crippen molar-refractivity contribution in [3.8, 4) is 0 Å². The first-order valence-electron chi connectivity index (χ1n) is 5.19. The van der Waals surface area contributed by atoms with Crippen molar-refractivity contribution >= 4 is 34.6 Å². The highest BCUT2D eigenvalue weighted by molar-refractivity contribution is 7.73. The van der Waals surface area contributed by atoms with Crippen LogP contribution < -0.4 is 5.32 Å². The Hall–Kier alpha value is -0.950. The minimum Gasteiger partial charge on any atom is -0.349 e. The van der Waals surface area contributed by atoms with E-state index in [1.807, 2.05) is 20.8 Å². The summed E-state index contributed by atoms with van der Waals surface area (Å²) in [5.41, 5.74) is 0. The number of carbonyl (C=O) groups is 1. The van der Waals surface area contributed by atoms with Gasteiger partial charge in [0.05, 0.1) is 0 Å². The molecule has 7 heteroatoms. The van der Waals surface area contributed by atoms with Gasteiger partial charge in [-0.3, -0.25) is 9.89 Å². The number of H-pyrrole nitrogens is 1. The van der Waals surface area contributed by atoms with Gasteiger partial charge in [-0.05, 0) is 33.0 Å². The fourth-order valence-electron chi connectivity index (χ4n) is 1.35. The minimum absolute atomic E-state index is 0.0751. The topological polar surface area (TPSA) is 61.0 Å². The van der Waals surface area contributed by atoms with Gasteiger partial charge in [0, 0.05) is 13.1 Å². The Kier molecular flexibility index (Phi) is 4.88. The fraction of sp³-hybridized carbons (Fsp3) is 0.667. The SMILES string of the molecule is CCN(CC)C(=O)C(C)Nc1n[nH]c(=S)s1. The van der Waals surface area contributed by atoms with Crippen LogP contribution in [0.3, 0.4) is 0 Å². The van der Waals surface area contributed by atoms with Gasteiger partial charge in [-0.15, -0.1) is 5.10 Å². The number of carbonyl (C=O) groups excluding carboxylic acids is 1. The second kappa shape index (κ2) is 5.95. The number of nitrogens with one attached hydrogen (secondary N) is 2. The lowest BCUT2D eigenvalue weighted by Crippen LogP contribution is -2.41. The summed E-state index contributed by atoms with van der Waals surface area (Å²) in [7, 11) is 0. The zero-order chi connectivity index (χ0) is 12.1. The van der Waals surface area contributed by atoms with E-state index in [1.54, 1.807) is 4.90 Å². The van der Waals surface area contributed by atoms with E-state index >= 15 is 0 Å². The summed E-state index contributed by atoms with van der Waals surface area (Å²) in [5, 5.41) is 10.3. The standard InChI is InChI=1S/C9H16N4OS2/c1-4-13(5-2)7(14)6(3)10-8-11-12-9(15)16-8/h6H,4-5H2,1-3H3,(H,10,11)(H,12,15). The normalized spacial score (nSPS) is 12.2. The summed E-state index contributed by atoms with van der Waals surface area (Å²) in [4.78, 5) is 13.7.